The van der Waals surface area contributed by atoms with Crippen LogP contribution >= 0.6 is 0 Å². The maximum absolute atomic E-state index is 14.9. The van der Waals surface area contributed by atoms with Gasteiger partial charge in [0.25, 0.3) is 0 Å². The summed E-state index contributed by atoms with van der Waals surface area (Å²) in [6, 6.07) is -0.831. The number of nitrogens with zero attached hydrogens (tertiary/aromatic N) is 2. The normalized spacial score (nSPS) is 26.2. The first-order valence-electron chi connectivity index (χ1n) is 23.4. The van der Waals surface area contributed by atoms with E-state index in [1.54, 1.807) is 46.8 Å². The van der Waals surface area contributed by atoms with Crippen molar-refractivity contribution in [3.63, 3.8) is 0 Å². The number of primary amides is 1. The first-order valence-corrected chi connectivity index (χ1v) is 23.4. The van der Waals surface area contributed by atoms with Gasteiger partial charge in [-0.1, -0.05) is 87.8 Å². The number of cyclic esters (lactones) is 1. The Labute approximate surface area is 396 Å². The summed E-state index contributed by atoms with van der Waals surface area (Å²) in [7, 11) is 1.40. The number of hydrogen-bond acceptors (Lipinski definition) is 12. The number of esters is 1. The molecule has 11 atom stereocenters. The number of phenolic OH excluding ortho intramolecular Hbond substituents is 1. The van der Waals surface area contributed by atoms with Gasteiger partial charge in [0.2, 0.25) is 35.4 Å². The van der Waals surface area contributed by atoms with Crippen LogP contribution in [0.1, 0.15) is 133 Å². The summed E-state index contributed by atoms with van der Waals surface area (Å²) in [4.78, 5) is 128. The zero-order valence-electron chi connectivity index (χ0n) is 40.3. The number of rotatable bonds is 16. The molecule has 3 rings (SSSR count). The average Bonchev–Trinajstić information content (AvgIpc) is 3.25. The van der Waals surface area contributed by atoms with E-state index in [0.717, 1.165) is 4.90 Å². The second-order valence-electron chi connectivity index (χ2n) is 19.1. The number of nitrogens with one attached hydrogen (secondary N) is 3. The third kappa shape index (κ3) is 15.9. The summed E-state index contributed by atoms with van der Waals surface area (Å²) >= 11 is 0. The third-order valence-electron chi connectivity index (χ3n) is 13.1. The molecule has 2 saturated heterocycles. The maximum atomic E-state index is 14.9. The predicted octanol–water partition coefficient (Wildman–Crippen LogP) is 3.32. The molecule has 2 bridgehead atoms. The van der Waals surface area contributed by atoms with Crippen LogP contribution in [-0.4, -0.2) is 123 Å². The molecule has 1 unspecified atom stereocenters. The third-order valence-corrected chi connectivity index (χ3v) is 13.1. The largest absolute Gasteiger partial charge is 0.508 e. The van der Waals surface area contributed by atoms with Crippen molar-refractivity contribution in [1.29, 1.82) is 0 Å². The molecule has 0 aromatic heterocycles. The lowest BCUT2D eigenvalue weighted by molar-refractivity contribution is -0.170. The van der Waals surface area contributed by atoms with Crippen LogP contribution in [0.15, 0.2) is 24.3 Å². The Morgan fingerprint density at radius 2 is 1.51 bits per heavy atom. The highest BCUT2D eigenvalue weighted by Crippen LogP contribution is 2.32. The highest BCUT2D eigenvalue weighted by molar-refractivity contribution is 5.98. The van der Waals surface area contributed by atoms with Crippen molar-refractivity contribution in [2.45, 2.75) is 176 Å². The Hall–Kier alpha value is -5.39. The number of phenols is 1. The van der Waals surface area contributed by atoms with Gasteiger partial charge in [-0.15, -0.1) is 0 Å². The monoisotopic (exact) mass is 943 g/mol. The molecule has 0 aliphatic carbocycles. The van der Waals surface area contributed by atoms with E-state index in [4.69, 9.17) is 10.5 Å². The molecule has 7 N–H and O–H groups in total. The highest BCUT2D eigenvalue weighted by Gasteiger charge is 2.47. The van der Waals surface area contributed by atoms with Gasteiger partial charge in [0.15, 0.2) is 5.78 Å². The minimum absolute atomic E-state index is 0. The van der Waals surface area contributed by atoms with Crippen LogP contribution in [0.4, 0.5) is 0 Å². The molecule has 0 radical (unpaired) electrons. The van der Waals surface area contributed by atoms with E-state index in [2.05, 4.69) is 16.0 Å². The smallest absolute Gasteiger partial charge is 0.329 e. The molecule has 18 nitrogen and oxygen atoms in total. The average molecular weight is 943 g/mol. The van der Waals surface area contributed by atoms with Gasteiger partial charge < -0.3 is 46.4 Å². The lowest BCUT2D eigenvalue weighted by Crippen LogP contribution is -2.63. The molecule has 0 saturated carbocycles. The quantitative estimate of drug-likeness (QED) is 0.130. The fourth-order valence-electron chi connectivity index (χ4n) is 8.39. The van der Waals surface area contributed by atoms with Gasteiger partial charge >= 0.3 is 5.97 Å². The van der Waals surface area contributed by atoms with E-state index < -0.39 is 119 Å². The standard InChI is InChI=1S/C48H74N6O12.CH4/c1-11-27(7)40-48(65)66-29(9)41(52-43(60)31(15-19-38(49)58)23-36(56)26(5)6)45(62)50-34(21-25(3)4)37(57)24-32-16-20-39(59)54(46(32)63)42(28(8)12-2)47(64)53(10)35(44(61)51-40)22-30-13-17-33(55)18-14-30;/h13-14,17-18,25-29,31-32,34-35,39-42,55,59H,11-12,15-16,19-24H2,1-10H3,(H2,49,58)(H,50,62)(H,51,61)(H,52,60);1H4/t27-,28-,29+,31+,32+,34-,35-,39+,40?,41-,42-;/m0./s1. The molecule has 2 heterocycles. The Morgan fingerprint density at radius 1 is 0.896 bits per heavy atom. The van der Waals surface area contributed by atoms with Crippen LogP contribution in [0.25, 0.3) is 0 Å². The number of fused-ring (bicyclic) bond motifs is 2. The van der Waals surface area contributed by atoms with E-state index in [9.17, 15) is 53.4 Å². The lowest BCUT2D eigenvalue weighted by Gasteiger charge is -2.44. The number of benzene rings is 1. The minimum atomic E-state index is -1.67. The molecule has 1 aromatic carbocycles. The zero-order chi connectivity index (χ0) is 49.7. The number of carbonyl (C=O) groups is 9. The van der Waals surface area contributed by atoms with Crippen LogP contribution < -0.4 is 21.7 Å². The number of likely N-dealkylation sites (N-methyl/N-ethyl adjacent to an activating group) is 1. The molecular formula is C49H78N6O12. The Bertz CT molecular complexity index is 1910. The summed E-state index contributed by atoms with van der Waals surface area (Å²) in [5, 5.41) is 29.6. The number of aliphatic hydroxyl groups is 1. The number of piperidine rings is 1. The van der Waals surface area contributed by atoms with Gasteiger partial charge in [0, 0.05) is 50.5 Å². The van der Waals surface area contributed by atoms with Crippen molar-refractivity contribution in [3.8, 4) is 5.75 Å². The number of carbonyl (C=O) groups excluding carboxylic acids is 9. The SMILES string of the molecule is C.CC[C@H](C)C1NC(=O)[C@H](Cc2ccc(O)cc2)N(C)C(=O)[C@H]([C@@H](C)CC)N2C(=O)[C@H](CC[C@H]2O)CC(=O)[C@H](CC(C)C)NC(=O)[C@@H](NC(=O)[C@H](CCC(N)=O)CC(=O)C(C)C)[C@@H](C)OC1=O. The fourth-order valence-corrected chi connectivity index (χ4v) is 8.39. The number of nitrogens with two attached hydrogens (primary N) is 1. The summed E-state index contributed by atoms with van der Waals surface area (Å²) in [6.45, 7) is 15.4. The van der Waals surface area contributed by atoms with Crippen molar-refractivity contribution >= 4 is 53.0 Å². The molecular weight excluding hydrogens is 865 g/mol. The Morgan fingerprint density at radius 3 is 2.06 bits per heavy atom. The lowest BCUT2D eigenvalue weighted by atomic mass is 9.85. The molecule has 6 amide bonds. The number of Topliss-reactive ketones (excluding diaryl/α,β-unsaturated/α-hetero) is 2. The number of amides is 6. The van der Waals surface area contributed by atoms with E-state index in [0.29, 0.717) is 18.4 Å². The number of aliphatic hydroxyl groups excluding tert-OH is 1. The Balaban J connectivity index is 0.0000154. The van der Waals surface area contributed by atoms with Crippen LogP contribution in [-0.2, 0) is 54.3 Å². The van der Waals surface area contributed by atoms with E-state index in [1.165, 1.54) is 31.0 Å². The topological polar surface area (TPSA) is 272 Å². The molecule has 2 fully saturated rings. The van der Waals surface area contributed by atoms with Gasteiger partial charge in [-0.05, 0) is 68.1 Å². The second kappa shape index (κ2) is 26.2. The van der Waals surface area contributed by atoms with Gasteiger partial charge in [-0.25, -0.2) is 4.79 Å². The van der Waals surface area contributed by atoms with E-state index in [1.807, 2.05) is 20.8 Å². The van der Waals surface area contributed by atoms with Crippen molar-refractivity contribution in [3.05, 3.63) is 29.8 Å². The minimum Gasteiger partial charge on any atom is -0.508 e. The van der Waals surface area contributed by atoms with Gasteiger partial charge in [0.05, 0.1) is 6.04 Å². The van der Waals surface area contributed by atoms with Crippen molar-refractivity contribution in [2.24, 2.45) is 41.2 Å². The molecule has 2 aliphatic rings. The molecule has 67 heavy (non-hydrogen) atoms. The molecule has 18 heteroatoms. The molecule has 376 valence electrons. The molecule has 1 aromatic rings. The van der Waals surface area contributed by atoms with Crippen molar-refractivity contribution in [2.75, 3.05) is 7.05 Å². The van der Waals surface area contributed by atoms with Gasteiger partial charge in [-0.2, -0.15) is 0 Å². The van der Waals surface area contributed by atoms with E-state index in [-0.39, 0.29) is 76.2 Å². The number of ketones is 2. The van der Waals surface area contributed by atoms with Gasteiger partial charge in [-0.3, -0.25) is 38.4 Å². The maximum Gasteiger partial charge on any atom is 0.329 e. The fraction of sp³-hybridized carbons (Fsp3) is 0.694. The summed E-state index contributed by atoms with van der Waals surface area (Å²) in [6.07, 6.45) is -3.00. The number of hydrogen-bond donors (Lipinski definition) is 6. The zero-order valence-corrected chi connectivity index (χ0v) is 40.3. The van der Waals surface area contributed by atoms with Crippen LogP contribution in [0.2, 0.25) is 0 Å². The second-order valence-corrected chi connectivity index (χ2v) is 19.1. The van der Waals surface area contributed by atoms with Crippen LogP contribution in [0, 0.1) is 35.5 Å². The molecule has 0 spiro atoms. The van der Waals surface area contributed by atoms with Crippen molar-refractivity contribution < 1.29 is 58.1 Å². The van der Waals surface area contributed by atoms with Gasteiger partial charge in [0.1, 0.15) is 48.0 Å². The number of aromatic hydroxyl groups is 1. The van der Waals surface area contributed by atoms with Crippen molar-refractivity contribution in [1.82, 2.24) is 25.8 Å². The van der Waals surface area contributed by atoms with Crippen LogP contribution in [0.5, 0.6) is 5.75 Å². The summed E-state index contributed by atoms with van der Waals surface area (Å²) in [5.74, 6) is -10.2. The predicted molar refractivity (Wildman–Crippen MR) is 250 cm³/mol. The summed E-state index contributed by atoms with van der Waals surface area (Å²) in [5.41, 5.74) is 5.95. The number of ether oxygens (including phenoxy) is 1. The van der Waals surface area contributed by atoms with Crippen LogP contribution in [0.3, 0.4) is 0 Å². The molecule has 2 aliphatic heterocycles. The van der Waals surface area contributed by atoms with E-state index >= 15 is 0 Å². The Kier molecular flexibility index (Phi) is 22.6. The first-order chi connectivity index (χ1) is 30.9. The highest BCUT2D eigenvalue weighted by atomic mass is 16.5. The summed E-state index contributed by atoms with van der Waals surface area (Å²) < 4.78 is 5.94. The first kappa shape index (κ1) is 57.7.